The smallest absolute Gasteiger partial charge is 0.255 e. The molecule has 2 N–H and O–H groups in total. The van der Waals surface area contributed by atoms with E-state index in [-0.39, 0.29) is 11.8 Å². The second-order valence-corrected chi connectivity index (χ2v) is 6.08. The molecule has 0 unspecified atom stereocenters. The molecule has 0 saturated heterocycles. The van der Waals surface area contributed by atoms with E-state index in [1.54, 1.807) is 47.4 Å². The molecule has 0 spiro atoms. The Labute approximate surface area is 157 Å². The molecule has 138 valence electrons. The molecule has 1 aromatic heterocycles. The molecule has 2 aromatic carbocycles. The van der Waals surface area contributed by atoms with Gasteiger partial charge in [-0.1, -0.05) is 25.1 Å². The summed E-state index contributed by atoms with van der Waals surface area (Å²) in [5.74, 6) is -0.376. The third-order valence-electron chi connectivity index (χ3n) is 3.95. The fourth-order valence-electron chi connectivity index (χ4n) is 2.55. The van der Waals surface area contributed by atoms with Gasteiger partial charge >= 0.3 is 0 Å². The number of amides is 2. The summed E-state index contributed by atoms with van der Waals surface area (Å²) in [6.07, 6.45) is 4.00. The second kappa shape index (κ2) is 8.75. The SMILES string of the molecule is CCCNC(=O)c1cccc(NC(=O)c2ccc(Cn3cncn3)cc2)c1. The first-order valence-electron chi connectivity index (χ1n) is 8.76. The summed E-state index contributed by atoms with van der Waals surface area (Å²) in [5, 5.41) is 9.71. The molecule has 1 heterocycles. The van der Waals surface area contributed by atoms with Crippen LogP contribution in [0.1, 0.15) is 39.6 Å². The van der Waals surface area contributed by atoms with Crippen LogP contribution in [-0.2, 0) is 6.54 Å². The maximum absolute atomic E-state index is 12.5. The fourth-order valence-corrected chi connectivity index (χ4v) is 2.55. The van der Waals surface area contributed by atoms with Gasteiger partial charge in [0.15, 0.2) is 0 Å². The summed E-state index contributed by atoms with van der Waals surface area (Å²) in [7, 11) is 0. The van der Waals surface area contributed by atoms with Crippen LogP contribution in [0.4, 0.5) is 5.69 Å². The molecule has 0 atom stereocenters. The maximum atomic E-state index is 12.5. The predicted octanol–water partition coefficient (Wildman–Crippen LogP) is 2.72. The molecule has 7 heteroatoms. The van der Waals surface area contributed by atoms with Crippen LogP contribution in [0.3, 0.4) is 0 Å². The zero-order valence-corrected chi connectivity index (χ0v) is 15.1. The van der Waals surface area contributed by atoms with Gasteiger partial charge in [-0.05, 0) is 42.3 Å². The van der Waals surface area contributed by atoms with Crippen molar-refractivity contribution in [1.29, 1.82) is 0 Å². The van der Waals surface area contributed by atoms with Gasteiger partial charge in [-0.25, -0.2) is 9.67 Å². The topological polar surface area (TPSA) is 88.9 Å². The molecule has 27 heavy (non-hydrogen) atoms. The summed E-state index contributed by atoms with van der Waals surface area (Å²) >= 11 is 0. The summed E-state index contributed by atoms with van der Waals surface area (Å²) < 4.78 is 1.71. The standard InChI is InChI=1S/C20H21N5O2/c1-2-10-22-19(26)17-4-3-5-18(11-17)24-20(27)16-8-6-15(7-9-16)12-25-14-21-13-23-25/h3-9,11,13-14H,2,10,12H2,1H3,(H,22,26)(H,24,27). The van der Waals surface area contributed by atoms with E-state index in [1.807, 2.05) is 19.1 Å². The lowest BCUT2D eigenvalue weighted by Gasteiger charge is -2.09. The van der Waals surface area contributed by atoms with Crippen molar-refractivity contribution >= 4 is 17.5 Å². The Balaban J connectivity index is 1.64. The summed E-state index contributed by atoms with van der Waals surface area (Å²) in [4.78, 5) is 28.4. The normalized spacial score (nSPS) is 10.4. The third kappa shape index (κ3) is 5.01. The van der Waals surface area contributed by atoms with Gasteiger partial charge in [-0.3, -0.25) is 9.59 Å². The zero-order valence-electron chi connectivity index (χ0n) is 15.1. The number of nitrogens with one attached hydrogen (secondary N) is 2. The van der Waals surface area contributed by atoms with Crippen molar-refractivity contribution in [2.45, 2.75) is 19.9 Å². The number of hydrogen-bond donors (Lipinski definition) is 2. The van der Waals surface area contributed by atoms with Crippen molar-refractivity contribution < 1.29 is 9.59 Å². The number of anilines is 1. The second-order valence-electron chi connectivity index (χ2n) is 6.08. The van der Waals surface area contributed by atoms with E-state index in [2.05, 4.69) is 20.7 Å². The molecule has 0 fully saturated rings. The number of carbonyl (C=O) groups excluding carboxylic acids is 2. The van der Waals surface area contributed by atoms with Gasteiger partial charge in [0, 0.05) is 23.4 Å². The largest absolute Gasteiger partial charge is 0.352 e. The van der Waals surface area contributed by atoms with Crippen LogP contribution < -0.4 is 10.6 Å². The van der Waals surface area contributed by atoms with Crippen LogP contribution in [0.15, 0.2) is 61.2 Å². The van der Waals surface area contributed by atoms with Crippen LogP contribution >= 0.6 is 0 Å². The van der Waals surface area contributed by atoms with Gasteiger partial charge in [-0.15, -0.1) is 0 Å². The number of benzene rings is 2. The van der Waals surface area contributed by atoms with Crippen molar-refractivity contribution in [2.75, 3.05) is 11.9 Å². The quantitative estimate of drug-likeness (QED) is 0.675. The van der Waals surface area contributed by atoms with E-state index >= 15 is 0 Å². The van der Waals surface area contributed by atoms with Crippen LogP contribution in [0, 0.1) is 0 Å². The van der Waals surface area contributed by atoms with Crippen molar-refractivity contribution in [3.63, 3.8) is 0 Å². The van der Waals surface area contributed by atoms with E-state index in [4.69, 9.17) is 0 Å². The van der Waals surface area contributed by atoms with E-state index in [1.165, 1.54) is 6.33 Å². The van der Waals surface area contributed by atoms with Gasteiger partial charge in [-0.2, -0.15) is 5.10 Å². The third-order valence-corrected chi connectivity index (χ3v) is 3.95. The Morgan fingerprint density at radius 2 is 1.85 bits per heavy atom. The molecule has 3 rings (SSSR count). The monoisotopic (exact) mass is 363 g/mol. The zero-order chi connectivity index (χ0) is 19.1. The van der Waals surface area contributed by atoms with Crippen LogP contribution in [0.2, 0.25) is 0 Å². The minimum Gasteiger partial charge on any atom is -0.352 e. The number of aromatic nitrogens is 3. The Morgan fingerprint density at radius 3 is 2.56 bits per heavy atom. The molecular formula is C20H21N5O2. The number of hydrogen-bond acceptors (Lipinski definition) is 4. The average molecular weight is 363 g/mol. The molecule has 0 radical (unpaired) electrons. The Bertz CT molecular complexity index is 904. The lowest BCUT2D eigenvalue weighted by molar-refractivity contribution is 0.0952. The molecule has 0 saturated carbocycles. The number of nitrogens with zero attached hydrogens (tertiary/aromatic N) is 3. The van der Waals surface area contributed by atoms with Crippen molar-refractivity contribution in [3.05, 3.63) is 77.9 Å². The molecule has 0 aliphatic heterocycles. The molecule has 0 bridgehead atoms. The maximum Gasteiger partial charge on any atom is 0.255 e. The van der Waals surface area contributed by atoms with E-state index in [0.717, 1.165) is 12.0 Å². The summed E-state index contributed by atoms with van der Waals surface area (Å²) in [6, 6.07) is 14.2. The highest BCUT2D eigenvalue weighted by Gasteiger charge is 2.09. The van der Waals surface area contributed by atoms with Gasteiger partial charge in [0.2, 0.25) is 0 Å². The Hall–Kier alpha value is -3.48. The van der Waals surface area contributed by atoms with Crippen LogP contribution in [-0.4, -0.2) is 33.1 Å². The molecule has 2 amide bonds. The van der Waals surface area contributed by atoms with Gasteiger partial charge in [0.1, 0.15) is 12.7 Å². The fraction of sp³-hybridized carbons (Fsp3) is 0.200. The van der Waals surface area contributed by atoms with E-state index < -0.39 is 0 Å². The summed E-state index contributed by atoms with van der Waals surface area (Å²) in [6.45, 7) is 3.21. The highest BCUT2D eigenvalue weighted by atomic mass is 16.2. The number of carbonyl (C=O) groups is 2. The molecule has 3 aromatic rings. The van der Waals surface area contributed by atoms with Crippen molar-refractivity contribution in [1.82, 2.24) is 20.1 Å². The lowest BCUT2D eigenvalue weighted by Crippen LogP contribution is -2.24. The van der Waals surface area contributed by atoms with Gasteiger partial charge < -0.3 is 10.6 Å². The van der Waals surface area contributed by atoms with Gasteiger partial charge in [0.25, 0.3) is 11.8 Å². The van der Waals surface area contributed by atoms with Crippen LogP contribution in [0.5, 0.6) is 0 Å². The first kappa shape index (κ1) is 18.3. The van der Waals surface area contributed by atoms with Crippen LogP contribution in [0.25, 0.3) is 0 Å². The van der Waals surface area contributed by atoms with E-state index in [0.29, 0.717) is 29.9 Å². The first-order valence-corrected chi connectivity index (χ1v) is 8.76. The summed E-state index contributed by atoms with van der Waals surface area (Å²) in [5.41, 5.74) is 2.66. The minimum absolute atomic E-state index is 0.148. The Kier molecular flexibility index (Phi) is 5.94. The highest BCUT2D eigenvalue weighted by molar-refractivity contribution is 6.05. The van der Waals surface area contributed by atoms with Crippen molar-refractivity contribution in [3.8, 4) is 0 Å². The molecule has 0 aliphatic rings. The molecule has 7 nitrogen and oxygen atoms in total. The first-order chi connectivity index (χ1) is 13.2. The number of rotatable bonds is 7. The van der Waals surface area contributed by atoms with Crippen molar-refractivity contribution in [2.24, 2.45) is 0 Å². The predicted molar refractivity (Wildman–Crippen MR) is 103 cm³/mol. The average Bonchev–Trinajstić information content (AvgIpc) is 3.20. The Morgan fingerprint density at radius 1 is 1.04 bits per heavy atom. The molecule has 0 aliphatic carbocycles. The molecular weight excluding hydrogens is 342 g/mol. The lowest BCUT2D eigenvalue weighted by atomic mass is 10.1. The highest BCUT2D eigenvalue weighted by Crippen LogP contribution is 2.13. The minimum atomic E-state index is -0.228. The van der Waals surface area contributed by atoms with E-state index in [9.17, 15) is 9.59 Å². The van der Waals surface area contributed by atoms with Gasteiger partial charge in [0.05, 0.1) is 6.54 Å².